The molecule has 1 heterocycles. The van der Waals surface area contributed by atoms with Gasteiger partial charge in [0.05, 0.1) is 4.92 Å². The van der Waals surface area contributed by atoms with Gasteiger partial charge in [0.25, 0.3) is 5.69 Å². The zero-order valence-corrected chi connectivity index (χ0v) is 11.2. The molecule has 0 radical (unpaired) electrons. The minimum Gasteiger partial charge on any atom is -0.365 e. The number of hydrogen-bond acceptors (Lipinski definition) is 4. The van der Waals surface area contributed by atoms with Gasteiger partial charge in [-0.3, -0.25) is 14.9 Å². The molecule has 0 aliphatic carbocycles. The van der Waals surface area contributed by atoms with Crippen LogP contribution in [0, 0.1) is 10.1 Å². The van der Waals surface area contributed by atoms with Gasteiger partial charge in [-0.05, 0) is 32.3 Å². The number of benzene rings is 1. The third-order valence-electron chi connectivity index (χ3n) is 3.88. The van der Waals surface area contributed by atoms with Gasteiger partial charge < -0.3 is 4.90 Å². The van der Waals surface area contributed by atoms with Gasteiger partial charge in [0.1, 0.15) is 0 Å². The fourth-order valence-electron chi connectivity index (χ4n) is 2.89. The van der Waals surface area contributed by atoms with Crippen molar-refractivity contribution in [1.82, 2.24) is 0 Å². The summed E-state index contributed by atoms with van der Waals surface area (Å²) in [6.45, 7) is 4.26. The zero-order chi connectivity index (χ0) is 14.0. The van der Waals surface area contributed by atoms with Gasteiger partial charge in [-0.15, -0.1) is 0 Å². The molecule has 0 spiro atoms. The van der Waals surface area contributed by atoms with Crippen LogP contribution in [0.5, 0.6) is 0 Å². The second-order valence-electron chi connectivity index (χ2n) is 5.01. The van der Waals surface area contributed by atoms with Gasteiger partial charge >= 0.3 is 0 Å². The van der Waals surface area contributed by atoms with Crippen LogP contribution >= 0.6 is 0 Å². The van der Waals surface area contributed by atoms with Crippen LogP contribution in [-0.2, 0) is 0 Å². The highest BCUT2D eigenvalue weighted by Gasteiger charge is 2.31. The van der Waals surface area contributed by atoms with Gasteiger partial charge in [0, 0.05) is 35.5 Å². The Kier molecular flexibility index (Phi) is 3.83. The summed E-state index contributed by atoms with van der Waals surface area (Å²) in [6.07, 6.45) is 3.92. The van der Waals surface area contributed by atoms with Crippen molar-refractivity contribution in [2.45, 2.75) is 45.2 Å². The molecule has 1 aromatic carbocycles. The maximum absolute atomic E-state index is 11.2. The first-order chi connectivity index (χ1) is 9.08. The predicted molar refractivity (Wildman–Crippen MR) is 73.7 cm³/mol. The largest absolute Gasteiger partial charge is 0.365 e. The van der Waals surface area contributed by atoms with E-state index >= 15 is 0 Å². The van der Waals surface area contributed by atoms with Gasteiger partial charge in [0.2, 0.25) is 0 Å². The van der Waals surface area contributed by atoms with Crippen molar-refractivity contribution in [2.75, 3.05) is 4.90 Å². The molecule has 19 heavy (non-hydrogen) atoms. The Bertz CT molecular complexity index is 501. The summed E-state index contributed by atoms with van der Waals surface area (Å²) < 4.78 is 0. The number of anilines is 1. The zero-order valence-electron chi connectivity index (χ0n) is 11.2. The fourth-order valence-corrected chi connectivity index (χ4v) is 2.89. The average Bonchev–Trinajstić information content (AvgIpc) is 2.78. The number of carbonyl (C=O) groups excluding carboxylic acids is 1. The summed E-state index contributed by atoms with van der Waals surface area (Å²) in [5.41, 5.74) is 1.18. The highest BCUT2D eigenvalue weighted by molar-refractivity contribution is 5.86. The Balaban J connectivity index is 2.43. The van der Waals surface area contributed by atoms with E-state index in [4.69, 9.17) is 0 Å². The second-order valence-corrected chi connectivity index (χ2v) is 5.01. The molecule has 0 aromatic heterocycles. The summed E-state index contributed by atoms with van der Waals surface area (Å²) >= 11 is 0. The van der Waals surface area contributed by atoms with Crippen molar-refractivity contribution in [3.8, 4) is 0 Å². The third kappa shape index (κ3) is 2.45. The molecular weight excluding hydrogens is 244 g/mol. The SMILES string of the molecule is CCC1CCC(C)N1c1ccc([N+](=O)[O-])cc1C=O. The molecule has 1 aliphatic heterocycles. The Hall–Kier alpha value is -1.91. The molecule has 2 unspecified atom stereocenters. The number of carbonyl (C=O) groups is 1. The standard InChI is InChI=1S/C14H18N2O3/c1-3-12-5-4-10(2)15(12)14-7-6-13(16(18)19)8-11(14)9-17/h6-10,12H,3-5H2,1-2H3. The predicted octanol–water partition coefficient (Wildman–Crippen LogP) is 3.17. The summed E-state index contributed by atoms with van der Waals surface area (Å²) in [5.74, 6) is 0. The molecule has 0 N–H and O–H groups in total. The van der Waals surface area contributed by atoms with Gasteiger partial charge in [0.15, 0.2) is 6.29 Å². The van der Waals surface area contributed by atoms with Crippen LogP contribution in [0.3, 0.4) is 0 Å². The second kappa shape index (κ2) is 5.38. The van der Waals surface area contributed by atoms with Crippen molar-refractivity contribution < 1.29 is 9.72 Å². The smallest absolute Gasteiger partial charge is 0.270 e. The highest BCUT2D eigenvalue weighted by atomic mass is 16.6. The van der Waals surface area contributed by atoms with Crippen molar-refractivity contribution in [2.24, 2.45) is 0 Å². The lowest BCUT2D eigenvalue weighted by atomic mass is 10.1. The molecule has 5 nitrogen and oxygen atoms in total. The van der Waals surface area contributed by atoms with E-state index in [1.54, 1.807) is 6.07 Å². The lowest BCUT2D eigenvalue weighted by molar-refractivity contribution is -0.384. The van der Waals surface area contributed by atoms with Crippen molar-refractivity contribution in [3.05, 3.63) is 33.9 Å². The topological polar surface area (TPSA) is 63.4 Å². The highest BCUT2D eigenvalue weighted by Crippen LogP contribution is 2.35. The van der Waals surface area contributed by atoms with Gasteiger partial charge in [-0.2, -0.15) is 0 Å². The van der Waals surface area contributed by atoms with Crippen molar-refractivity contribution >= 4 is 17.7 Å². The van der Waals surface area contributed by atoms with E-state index in [1.165, 1.54) is 12.1 Å². The maximum Gasteiger partial charge on any atom is 0.270 e. The first-order valence-electron chi connectivity index (χ1n) is 6.60. The number of nitro groups is 1. The van der Waals surface area contributed by atoms with Crippen LogP contribution in [0.4, 0.5) is 11.4 Å². The molecular formula is C14H18N2O3. The Labute approximate surface area is 112 Å². The summed E-state index contributed by atoms with van der Waals surface area (Å²) in [6, 6.07) is 5.31. The minimum absolute atomic E-state index is 0.0363. The lowest BCUT2D eigenvalue weighted by Crippen LogP contribution is -2.34. The van der Waals surface area contributed by atoms with E-state index in [9.17, 15) is 14.9 Å². The van der Waals surface area contributed by atoms with Crippen LogP contribution in [-0.4, -0.2) is 23.3 Å². The Morgan fingerprint density at radius 2 is 2.21 bits per heavy atom. The molecule has 1 aliphatic rings. The molecule has 0 saturated carbocycles. The van der Waals surface area contributed by atoms with Crippen LogP contribution in [0.15, 0.2) is 18.2 Å². The van der Waals surface area contributed by atoms with Crippen LogP contribution in [0.2, 0.25) is 0 Å². The van der Waals surface area contributed by atoms with Crippen molar-refractivity contribution in [3.63, 3.8) is 0 Å². The molecule has 2 atom stereocenters. The summed E-state index contributed by atoms with van der Waals surface area (Å²) in [5, 5.41) is 10.8. The molecule has 5 heteroatoms. The molecule has 102 valence electrons. The maximum atomic E-state index is 11.2. The van der Waals surface area contributed by atoms with Crippen LogP contribution < -0.4 is 4.90 Å². The first kappa shape index (κ1) is 13.5. The Morgan fingerprint density at radius 1 is 1.47 bits per heavy atom. The van der Waals surface area contributed by atoms with E-state index in [0.29, 0.717) is 23.9 Å². The van der Waals surface area contributed by atoms with Crippen LogP contribution in [0.1, 0.15) is 43.5 Å². The molecule has 1 saturated heterocycles. The number of non-ortho nitro benzene ring substituents is 1. The molecule has 1 aromatic rings. The number of aldehydes is 1. The third-order valence-corrected chi connectivity index (χ3v) is 3.88. The van der Waals surface area contributed by atoms with E-state index < -0.39 is 4.92 Å². The summed E-state index contributed by atoms with van der Waals surface area (Å²) in [7, 11) is 0. The van der Waals surface area contributed by atoms with Gasteiger partial charge in [-0.25, -0.2) is 0 Å². The lowest BCUT2D eigenvalue weighted by Gasteiger charge is -2.31. The number of nitro benzene ring substituents is 1. The number of nitrogens with zero attached hydrogens (tertiary/aromatic N) is 2. The average molecular weight is 262 g/mol. The quantitative estimate of drug-likeness (QED) is 0.475. The monoisotopic (exact) mass is 262 g/mol. The van der Waals surface area contributed by atoms with Crippen LogP contribution in [0.25, 0.3) is 0 Å². The first-order valence-corrected chi connectivity index (χ1v) is 6.60. The normalized spacial score (nSPS) is 22.5. The van der Waals surface area contributed by atoms with E-state index in [2.05, 4.69) is 18.7 Å². The minimum atomic E-state index is -0.471. The summed E-state index contributed by atoms with van der Waals surface area (Å²) in [4.78, 5) is 23.7. The molecule has 0 amide bonds. The van der Waals surface area contributed by atoms with E-state index in [0.717, 1.165) is 24.9 Å². The number of rotatable bonds is 4. The van der Waals surface area contributed by atoms with E-state index in [-0.39, 0.29) is 5.69 Å². The Morgan fingerprint density at radius 3 is 2.79 bits per heavy atom. The molecule has 0 bridgehead atoms. The van der Waals surface area contributed by atoms with Crippen molar-refractivity contribution in [1.29, 1.82) is 0 Å². The van der Waals surface area contributed by atoms with E-state index in [1.807, 2.05) is 0 Å². The number of hydrogen-bond donors (Lipinski definition) is 0. The molecule has 1 fully saturated rings. The molecule has 2 rings (SSSR count). The fraction of sp³-hybridized carbons (Fsp3) is 0.500. The van der Waals surface area contributed by atoms with Gasteiger partial charge in [-0.1, -0.05) is 6.92 Å².